The van der Waals surface area contributed by atoms with Gasteiger partial charge in [0.05, 0.1) is 6.54 Å². The van der Waals surface area contributed by atoms with Crippen LogP contribution in [0.25, 0.3) is 0 Å². The third-order valence-electron chi connectivity index (χ3n) is 2.30. The van der Waals surface area contributed by atoms with E-state index in [0.717, 1.165) is 16.7 Å². The first-order valence-electron chi connectivity index (χ1n) is 4.82. The van der Waals surface area contributed by atoms with Crippen LogP contribution in [-0.4, -0.2) is 24.4 Å². The lowest BCUT2D eigenvalue weighted by Crippen LogP contribution is -2.27. The second-order valence-electron chi connectivity index (χ2n) is 3.68. The van der Waals surface area contributed by atoms with Crippen molar-refractivity contribution in [2.24, 2.45) is 0 Å². The quantitative estimate of drug-likeness (QED) is 0.670. The van der Waals surface area contributed by atoms with Crippen LogP contribution in [0.2, 0.25) is 0 Å². The number of hydrogen-bond acceptors (Lipinski definition) is 1. The van der Waals surface area contributed by atoms with E-state index in [9.17, 15) is 4.79 Å². The Morgan fingerprint density at radius 3 is 2.73 bits per heavy atom. The summed E-state index contributed by atoms with van der Waals surface area (Å²) in [6.07, 6.45) is 5.17. The molecule has 0 radical (unpaired) electrons. The standard InChI is InChI=1S/C13H15NO/c1-5-8-14(4)13(15)12-9-10(2)6-7-11(12)3/h1,6-7,9H,8H2,2-4H3. The smallest absolute Gasteiger partial charge is 0.254 e. The fourth-order valence-corrected chi connectivity index (χ4v) is 1.38. The second-order valence-corrected chi connectivity index (χ2v) is 3.68. The van der Waals surface area contributed by atoms with Gasteiger partial charge in [-0.05, 0) is 25.5 Å². The van der Waals surface area contributed by atoms with Crippen molar-refractivity contribution in [2.75, 3.05) is 13.6 Å². The van der Waals surface area contributed by atoms with Crippen LogP contribution in [0.1, 0.15) is 21.5 Å². The molecule has 0 aliphatic rings. The van der Waals surface area contributed by atoms with Gasteiger partial charge in [-0.2, -0.15) is 0 Å². The van der Waals surface area contributed by atoms with Crippen molar-refractivity contribution in [3.8, 4) is 12.3 Å². The molecular weight excluding hydrogens is 186 g/mol. The number of terminal acetylenes is 1. The van der Waals surface area contributed by atoms with Crippen LogP contribution in [-0.2, 0) is 0 Å². The molecule has 1 aromatic carbocycles. The van der Waals surface area contributed by atoms with Crippen LogP contribution in [0, 0.1) is 26.2 Å². The van der Waals surface area contributed by atoms with Crippen LogP contribution < -0.4 is 0 Å². The molecule has 0 aromatic heterocycles. The first kappa shape index (κ1) is 11.3. The summed E-state index contributed by atoms with van der Waals surface area (Å²) < 4.78 is 0. The van der Waals surface area contributed by atoms with E-state index in [-0.39, 0.29) is 5.91 Å². The fraction of sp³-hybridized carbons (Fsp3) is 0.308. The molecule has 15 heavy (non-hydrogen) atoms. The number of rotatable bonds is 2. The third kappa shape index (κ3) is 2.60. The predicted molar refractivity (Wildman–Crippen MR) is 61.7 cm³/mol. The molecule has 0 aliphatic carbocycles. The number of benzene rings is 1. The van der Waals surface area contributed by atoms with Crippen LogP contribution >= 0.6 is 0 Å². The van der Waals surface area contributed by atoms with Gasteiger partial charge in [-0.3, -0.25) is 4.79 Å². The predicted octanol–water partition coefficient (Wildman–Crippen LogP) is 2.01. The molecule has 2 nitrogen and oxygen atoms in total. The Bertz CT molecular complexity index is 415. The van der Waals surface area contributed by atoms with Gasteiger partial charge in [0.2, 0.25) is 0 Å². The SMILES string of the molecule is C#CCN(C)C(=O)c1cc(C)ccc1C. The van der Waals surface area contributed by atoms with Crippen LogP contribution in [0.15, 0.2) is 18.2 Å². The maximum Gasteiger partial charge on any atom is 0.254 e. The lowest BCUT2D eigenvalue weighted by atomic mass is 10.0. The van der Waals surface area contributed by atoms with Crippen molar-refractivity contribution in [1.29, 1.82) is 0 Å². The molecule has 1 rings (SSSR count). The number of hydrogen-bond donors (Lipinski definition) is 0. The monoisotopic (exact) mass is 201 g/mol. The molecule has 0 fully saturated rings. The van der Waals surface area contributed by atoms with Gasteiger partial charge in [0.1, 0.15) is 0 Å². The Hall–Kier alpha value is -1.75. The highest BCUT2D eigenvalue weighted by Crippen LogP contribution is 2.12. The highest BCUT2D eigenvalue weighted by Gasteiger charge is 2.12. The molecule has 0 bridgehead atoms. The molecule has 78 valence electrons. The third-order valence-corrected chi connectivity index (χ3v) is 2.30. The average molecular weight is 201 g/mol. The van der Waals surface area contributed by atoms with Crippen molar-refractivity contribution < 1.29 is 4.79 Å². The van der Waals surface area contributed by atoms with Gasteiger partial charge in [0.25, 0.3) is 5.91 Å². The van der Waals surface area contributed by atoms with Crippen molar-refractivity contribution in [2.45, 2.75) is 13.8 Å². The minimum absolute atomic E-state index is 0.0193. The molecule has 0 aliphatic heterocycles. The average Bonchev–Trinajstić information content (AvgIpc) is 2.21. The Labute approximate surface area is 90.9 Å². The molecule has 0 heterocycles. The summed E-state index contributed by atoms with van der Waals surface area (Å²) in [6, 6.07) is 5.84. The molecule has 0 saturated carbocycles. The molecule has 0 spiro atoms. The van der Waals surface area contributed by atoms with E-state index >= 15 is 0 Å². The largest absolute Gasteiger partial charge is 0.331 e. The van der Waals surface area contributed by atoms with E-state index in [0.29, 0.717) is 6.54 Å². The van der Waals surface area contributed by atoms with E-state index < -0.39 is 0 Å². The minimum atomic E-state index is -0.0193. The summed E-state index contributed by atoms with van der Waals surface area (Å²) >= 11 is 0. The lowest BCUT2D eigenvalue weighted by Gasteiger charge is -2.15. The van der Waals surface area contributed by atoms with Crippen LogP contribution in [0.5, 0.6) is 0 Å². The Balaban J connectivity index is 3.01. The van der Waals surface area contributed by atoms with Gasteiger partial charge in [0, 0.05) is 12.6 Å². The Morgan fingerprint density at radius 1 is 1.47 bits per heavy atom. The van der Waals surface area contributed by atoms with Gasteiger partial charge in [-0.15, -0.1) is 6.42 Å². The summed E-state index contributed by atoms with van der Waals surface area (Å²) in [5.41, 5.74) is 2.79. The first-order chi connectivity index (χ1) is 7.06. The zero-order valence-electron chi connectivity index (χ0n) is 9.37. The number of nitrogens with zero attached hydrogens (tertiary/aromatic N) is 1. The van der Waals surface area contributed by atoms with Crippen molar-refractivity contribution >= 4 is 5.91 Å². The van der Waals surface area contributed by atoms with E-state index in [1.165, 1.54) is 0 Å². The molecular formula is C13H15NO. The molecule has 0 N–H and O–H groups in total. The minimum Gasteiger partial charge on any atom is -0.331 e. The maximum atomic E-state index is 11.9. The number of amides is 1. The van der Waals surface area contributed by atoms with E-state index in [4.69, 9.17) is 6.42 Å². The molecule has 1 amide bonds. The zero-order chi connectivity index (χ0) is 11.4. The zero-order valence-corrected chi connectivity index (χ0v) is 9.37. The van der Waals surface area contributed by atoms with Crippen molar-refractivity contribution in [3.63, 3.8) is 0 Å². The molecule has 2 heteroatoms. The van der Waals surface area contributed by atoms with Crippen LogP contribution in [0.4, 0.5) is 0 Å². The fourth-order valence-electron chi connectivity index (χ4n) is 1.38. The Kier molecular flexibility index (Phi) is 3.51. The van der Waals surface area contributed by atoms with Gasteiger partial charge < -0.3 is 4.90 Å². The van der Waals surface area contributed by atoms with Crippen LogP contribution in [0.3, 0.4) is 0 Å². The summed E-state index contributed by atoms with van der Waals surface area (Å²) in [7, 11) is 1.71. The highest BCUT2D eigenvalue weighted by atomic mass is 16.2. The lowest BCUT2D eigenvalue weighted by molar-refractivity contribution is 0.0812. The van der Waals surface area contributed by atoms with Gasteiger partial charge in [-0.1, -0.05) is 23.6 Å². The van der Waals surface area contributed by atoms with Crippen molar-refractivity contribution in [3.05, 3.63) is 34.9 Å². The first-order valence-corrected chi connectivity index (χ1v) is 4.82. The molecule has 1 aromatic rings. The Morgan fingerprint density at radius 2 is 2.13 bits per heavy atom. The van der Waals surface area contributed by atoms with Gasteiger partial charge >= 0.3 is 0 Å². The second kappa shape index (κ2) is 4.65. The normalized spacial score (nSPS) is 9.47. The number of carbonyl (C=O) groups excluding carboxylic acids is 1. The van der Waals surface area contributed by atoms with E-state index in [1.54, 1.807) is 11.9 Å². The molecule has 0 saturated heterocycles. The van der Waals surface area contributed by atoms with E-state index in [2.05, 4.69) is 5.92 Å². The number of carbonyl (C=O) groups is 1. The summed E-state index contributed by atoms with van der Waals surface area (Å²) in [5.74, 6) is 2.44. The number of aryl methyl sites for hydroxylation is 2. The summed E-state index contributed by atoms with van der Waals surface area (Å²) in [6.45, 7) is 4.24. The summed E-state index contributed by atoms with van der Waals surface area (Å²) in [5, 5.41) is 0. The van der Waals surface area contributed by atoms with Gasteiger partial charge in [-0.25, -0.2) is 0 Å². The highest BCUT2D eigenvalue weighted by molar-refractivity contribution is 5.95. The maximum absolute atomic E-state index is 11.9. The summed E-state index contributed by atoms with van der Waals surface area (Å²) in [4.78, 5) is 13.5. The molecule has 0 unspecified atom stereocenters. The van der Waals surface area contributed by atoms with Gasteiger partial charge in [0.15, 0.2) is 0 Å². The van der Waals surface area contributed by atoms with Crippen molar-refractivity contribution in [1.82, 2.24) is 4.90 Å². The van der Waals surface area contributed by atoms with E-state index in [1.807, 2.05) is 32.0 Å². The topological polar surface area (TPSA) is 20.3 Å². The molecule has 0 atom stereocenters.